The normalized spacial score (nSPS) is 13.5. The van der Waals surface area contributed by atoms with Crippen LogP contribution in [-0.4, -0.2) is 37.1 Å². The summed E-state index contributed by atoms with van der Waals surface area (Å²) in [5.41, 5.74) is 1.54. The van der Waals surface area contributed by atoms with Crippen LogP contribution in [0.1, 0.15) is 36.8 Å². The molecule has 0 bridgehead atoms. The lowest BCUT2D eigenvalue weighted by molar-refractivity contribution is -0.132. The Morgan fingerprint density at radius 1 is 1.21 bits per heavy atom. The Hall–Kier alpha value is -2.71. The third-order valence-electron chi connectivity index (χ3n) is 4.20. The number of rotatable bonds is 4. The minimum Gasteiger partial charge on any atom is -0.427 e. The molecule has 0 spiro atoms. The molecular formula is C20H19ClN2O5S. The van der Waals surface area contributed by atoms with Crippen LogP contribution in [0.4, 0.5) is 5.00 Å². The Morgan fingerprint density at radius 2 is 1.90 bits per heavy atom. The fourth-order valence-electron chi connectivity index (χ4n) is 2.94. The van der Waals surface area contributed by atoms with Gasteiger partial charge in [-0.15, -0.1) is 11.3 Å². The second-order valence-corrected chi connectivity index (χ2v) is 7.89. The molecule has 0 radical (unpaired) electrons. The highest BCUT2D eigenvalue weighted by Crippen LogP contribution is 2.40. The van der Waals surface area contributed by atoms with E-state index >= 15 is 0 Å². The number of esters is 2. The second kappa shape index (κ2) is 8.34. The summed E-state index contributed by atoms with van der Waals surface area (Å²) in [5.74, 6) is -1.01. The van der Waals surface area contributed by atoms with Crippen LogP contribution < -0.4 is 14.4 Å². The number of fused-ring (bicyclic) bond motifs is 1. The van der Waals surface area contributed by atoms with Crippen LogP contribution in [0, 0.1) is 0 Å². The molecule has 1 amide bonds. The third-order valence-corrected chi connectivity index (χ3v) is 5.85. The summed E-state index contributed by atoms with van der Waals surface area (Å²) < 4.78 is 10.4. The number of carbonyl (C=O) groups is 3. The molecule has 0 saturated heterocycles. The van der Waals surface area contributed by atoms with Crippen molar-refractivity contribution in [3.05, 3.63) is 39.2 Å². The molecule has 0 saturated carbocycles. The number of aryl methyl sites for hydroxylation is 1. The highest BCUT2D eigenvalue weighted by molar-refractivity contribution is 7.16. The molecule has 1 aliphatic heterocycles. The van der Waals surface area contributed by atoms with Crippen LogP contribution in [-0.2, 0) is 20.8 Å². The number of likely N-dealkylation sites (N-methyl/N-ethyl adjacent to an activating group) is 1. The minimum absolute atomic E-state index is 0.0732. The van der Waals surface area contributed by atoms with Gasteiger partial charge in [0.1, 0.15) is 23.0 Å². The van der Waals surface area contributed by atoms with Crippen LogP contribution in [0.5, 0.6) is 11.5 Å². The van der Waals surface area contributed by atoms with E-state index in [1.807, 2.05) is 13.0 Å². The van der Waals surface area contributed by atoms with E-state index in [0.29, 0.717) is 11.3 Å². The zero-order chi connectivity index (χ0) is 21.3. The minimum atomic E-state index is -0.565. The Kier molecular flexibility index (Phi) is 6.04. The van der Waals surface area contributed by atoms with Crippen molar-refractivity contribution in [2.75, 3.05) is 18.5 Å². The summed E-state index contributed by atoms with van der Waals surface area (Å²) >= 11 is 8.01. The topological polar surface area (TPSA) is 85.3 Å². The quantitative estimate of drug-likeness (QED) is 0.541. The first-order valence-electron chi connectivity index (χ1n) is 8.86. The maximum atomic E-state index is 12.4. The number of carbonyl (C=O) groups excluding carboxylic acids is 3. The summed E-state index contributed by atoms with van der Waals surface area (Å²) in [6.45, 7) is 4.47. The lowest BCUT2D eigenvalue weighted by atomic mass is 10.0. The molecule has 0 fully saturated rings. The van der Waals surface area contributed by atoms with Crippen molar-refractivity contribution in [2.45, 2.75) is 27.2 Å². The average molecular weight is 435 g/mol. The number of nitrogens with zero attached hydrogens (tertiary/aromatic N) is 2. The van der Waals surface area contributed by atoms with Gasteiger partial charge in [-0.25, -0.2) is 0 Å². The van der Waals surface area contributed by atoms with Crippen molar-refractivity contribution < 1.29 is 23.9 Å². The molecule has 29 heavy (non-hydrogen) atoms. The lowest BCUT2D eigenvalue weighted by Gasteiger charge is -2.16. The van der Waals surface area contributed by atoms with Crippen molar-refractivity contribution in [2.24, 2.45) is 4.99 Å². The Bertz CT molecular complexity index is 1040. The van der Waals surface area contributed by atoms with E-state index in [-0.39, 0.29) is 29.0 Å². The predicted molar refractivity (Wildman–Crippen MR) is 112 cm³/mol. The van der Waals surface area contributed by atoms with Gasteiger partial charge in [-0.3, -0.25) is 19.4 Å². The van der Waals surface area contributed by atoms with Crippen molar-refractivity contribution >= 4 is 51.5 Å². The fourth-order valence-corrected chi connectivity index (χ4v) is 4.30. The van der Waals surface area contributed by atoms with Gasteiger partial charge in [0.15, 0.2) is 0 Å². The number of aliphatic imine (C=N–C) groups is 1. The molecule has 2 aromatic rings. The SMILES string of the molecule is CCc1cc2c(s1)N(C)C(=O)CN=C2c1c(Cl)cc(OC(C)=O)cc1OC(C)=O. The number of anilines is 1. The van der Waals surface area contributed by atoms with Crippen LogP contribution >= 0.6 is 22.9 Å². The number of hydrogen-bond donors (Lipinski definition) is 0. The molecule has 1 aromatic carbocycles. The van der Waals surface area contributed by atoms with Crippen molar-refractivity contribution in [3.63, 3.8) is 0 Å². The smallest absolute Gasteiger partial charge is 0.308 e. The highest BCUT2D eigenvalue weighted by atomic mass is 35.5. The molecule has 2 heterocycles. The van der Waals surface area contributed by atoms with Crippen LogP contribution in [0.3, 0.4) is 0 Å². The summed E-state index contributed by atoms with van der Waals surface area (Å²) in [7, 11) is 1.70. The summed E-state index contributed by atoms with van der Waals surface area (Å²) in [4.78, 5) is 42.6. The van der Waals surface area contributed by atoms with Crippen molar-refractivity contribution in [1.29, 1.82) is 0 Å². The van der Waals surface area contributed by atoms with E-state index < -0.39 is 11.9 Å². The summed E-state index contributed by atoms with van der Waals surface area (Å²) in [6.07, 6.45) is 0.795. The monoisotopic (exact) mass is 434 g/mol. The number of ether oxygens (including phenoxy) is 2. The molecule has 0 aliphatic carbocycles. The van der Waals surface area contributed by atoms with E-state index in [0.717, 1.165) is 21.9 Å². The first-order valence-corrected chi connectivity index (χ1v) is 10.1. The Balaban J connectivity index is 2.24. The number of amides is 1. The third kappa shape index (κ3) is 4.33. The van der Waals surface area contributed by atoms with Gasteiger partial charge in [-0.2, -0.15) is 0 Å². The molecule has 7 nitrogen and oxygen atoms in total. The van der Waals surface area contributed by atoms with Gasteiger partial charge in [0, 0.05) is 43.5 Å². The largest absolute Gasteiger partial charge is 0.427 e. The molecule has 0 atom stereocenters. The number of benzene rings is 1. The second-order valence-electron chi connectivity index (χ2n) is 6.37. The summed E-state index contributed by atoms with van der Waals surface area (Å²) in [6, 6.07) is 4.83. The zero-order valence-corrected chi connectivity index (χ0v) is 17.9. The zero-order valence-electron chi connectivity index (χ0n) is 16.4. The number of halogens is 1. The van der Waals surface area contributed by atoms with E-state index in [2.05, 4.69) is 4.99 Å². The van der Waals surface area contributed by atoms with Gasteiger partial charge in [0.2, 0.25) is 5.91 Å². The molecular weight excluding hydrogens is 416 g/mol. The molecule has 1 aliphatic rings. The number of thiophene rings is 1. The van der Waals surface area contributed by atoms with Crippen LogP contribution in [0.2, 0.25) is 5.02 Å². The Morgan fingerprint density at radius 3 is 2.52 bits per heavy atom. The molecule has 152 valence electrons. The van der Waals surface area contributed by atoms with Gasteiger partial charge in [0.25, 0.3) is 0 Å². The number of hydrogen-bond acceptors (Lipinski definition) is 7. The Labute approximate surface area is 176 Å². The maximum Gasteiger partial charge on any atom is 0.308 e. The van der Waals surface area contributed by atoms with E-state index in [4.69, 9.17) is 21.1 Å². The molecule has 3 rings (SSSR count). The fraction of sp³-hybridized carbons (Fsp3) is 0.300. The molecule has 0 N–H and O–H groups in total. The van der Waals surface area contributed by atoms with Gasteiger partial charge in [-0.1, -0.05) is 18.5 Å². The first kappa shape index (κ1) is 21.0. The van der Waals surface area contributed by atoms with Crippen LogP contribution in [0.25, 0.3) is 0 Å². The van der Waals surface area contributed by atoms with E-state index in [9.17, 15) is 14.4 Å². The van der Waals surface area contributed by atoms with Gasteiger partial charge in [-0.05, 0) is 12.5 Å². The van der Waals surface area contributed by atoms with E-state index in [1.165, 1.54) is 37.3 Å². The first-order chi connectivity index (χ1) is 13.7. The van der Waals surface area contributed by atoms with Crippen LogP contribution in [0.15, 0.2) is 23.2 Å². The van der Waals surface area contributed by atoms with Gasteiger partial charge < -0.3 is 14.4 Å². The average Bonchev–Trinajstić information content (AvgIpc) is 3.01. The summed E-state index contributed by atoms with van der Waals surface area (Å²) in [5, 5.41) is 0.933. The molecule has 0 unspecified atom stereocenters. The van der Waals surface area contributed by atoms with E-state index in [1.54, 1.807) is 11.9 Å². The molecule has 9 heteroatoms. The van der Waals surface area contributed by atoms with Crippen molar-refractivity contribution in [3.8, 4) is 11.5 Å². The lowest BCUT2D eigenvalue weighted by Crippen LogP contribution is -2.26. The molecule has 1 aromatic heterocycles. The van der Waals surface area contributed by atoms with Gasteiger partial charge in [0.05, 0.1) is 16.3 Å². The maximum absolute atomic E-state index is 12.4. The van der Waals surface area contributed by atoms with Gasteiger partial charge >= 0.3 is 11.9 Å². The highest BCUT2D eigenvalue weighted by Gasteiger charge is 2.29. The van der Waals surface area contributed by atoms with Crippen molar-refractivity contribution in [1.82, 2.24) is 0 Å². The predicted octanol–water partition coefficient (Wildman–Crippen LogP) is 3.63. The standard InChI is InChI=1S/C20H19ClN2O5S/c1-5-13-8-14-19(22-9-17(26)23(4)20(14)29-13)18-15(21)6-12(27-10(2)24)7-16(18)28-11(3)25/h6-8H,5,9H2,1-4H3.